The number of fused-ring (bicyclic) bond motifs is 1. The first-order valence-electron chi connectivity index (χ1n) is 11.2. The molecule has 8 heteroatoms. The third-order valence-electron chi connectivity index (χ3n) is 6.12. The molecule has 3 aromatic rings. The van der Waals surface area contributed by atoms with E-state index in [0.29, 0.717) is 41.1 Å². The Bertz CT molecular complexity index is 1270. The fourth-order valence-corrected chi connectivity index (χ4v) is 4.21. The van der Waals surface area contributed by atoms with Gasteiger partial charge in [-0.15, -0.1) is 0 Å². The molecule has 1 fully saturated rings. The van der Waals surface area contributed by atoms with Crippen molar-refractivity contribution in [2.24, 2.45) is 0 Å². The molecule has 1 aromatic heterocycles. The number of carbonyl (C=O) groups excluding carboxylic acids is 1. The maximum Gasteiger partial charge on any atom is 0.260 e. The smallest absolute Gasteiger partial charge is 0.260 e. The van der Waals surface area contributed by atoms with E-state index in [9.17, 15) is 9.59 Å². The van der Waals surface area contributed by atoms with E-state index in [1.165, 1.54) is 7.11 Å². The van der Waals surface area contributed by atoms with Crippen molar-refractivity contribution >= 4 is 16.9 Å². The van der Waals surface area contributed by atoms with Gasteiger partial charge in [0, 0.05) is 31.7 Å². The highest BCUT2D eigenvalue weighted by molar-refractivity contribution is 5.85. The van der Waals surface area contributed by atoms with E-state index in [-0.39, 0.29) is 29.5 Å². The molecule has 4 rings (SSSR count). The summed E-state index contributed by atoms with van der Waals surface area (Å²) in [4.78, 5) is 30.3. The molecular weight excluding hydrogens is 436 g/mol. The maximum atomic E-state index is 13.6. The zero-order chi connectivity index (χ0) is 24.4. The molecule has 0 unspecified atom stereocenters. The van der Waals surface area contributed by atoms with E-state index in [2.05, 4.69) is 4.90 Å². The number of ether oxygens (including phenoxy) is 3. The zero-order valence-corrected chi connectivity index (χ0v) is 20.3. The summed E-state index contributed by atoms with van der Waals surface area (Å²) >= 11 is 0. The van der Waals surface area contributed by atoms with E-state index < -0.39 is 0 Å². The van der Waals surface area contributed by atoms with Crippen LogP contribution >= 0.6 is 0 Å². The third-order valence-corrected chi connectivity index (χ3v) is 6.12. The Kier molecular flexibility index (Phi) is 6.79. The van der Waals surface area contributed by atoms with Gasteiger partial charge >= 0.3 is 0 Å². The number of methoxy groups -OCH3 is 2. The second-order valence-corrected chi connectivity index (χ2v) is 8.59. The summed E-state index contributed by atoms with van der Waals surface area (Å²) in [5.74, 6) is 1.13. The Balaban J connectivity index is 1.78. The third kappa shape index (κ3) is 4.59. The Labute approximate surface area is 198 Å². The number of piperazine rings is 1. The van der Waals surface area contributed by atoms with Crippen molar-refractivity contribution in [3.05, 3.63) is 51.7 Å². The lowest BCUT2D eigenvalue weighted by Gasteiger charge is -2.32. The predicted molar refractivity (Wildman–Crippen MR) is 130 cm³/mol. The molecule has 1 saturated heterocycles. The first-order chi connectivity index (χ1) is 16.3. The Morgan fingerprint density at radius 1 is 1.00 bits per heavy atom. The van der Waals surface area contributed by atoms with Crippen molar-refractivity contribution in [1.29, 1.82) is 0 Å². The van der Waals surface area contributed by atoms with Crippen LogP contribution in [0.4, 0.5) is 0 Å². The van der Waals surface area contributed by atoms with Gasteiger partial charge in [-0.1, -0.05) is 6.07 Å². The van der Waals surface area contributed by atoms with Gasteiger partial charge in [0.2, 0.25) is 11.2 Å². The van der Waals surface area contributed by atoms with Gasteiger partial charge in [0.05, 0.1) is 19.6 Å². The summed E-state index contributed by atoms with van der Waals surface area (Å²) < 4.78 is 22.9. The van der Waals surface area contributed by atoms with Crippen LogP contribution in [0.3, 0.4) is 0 Å². The molecule has 0 radical (unpaired) electrons. The van der Waals surface area contributed by atoms with Crippen LogP contribution in [-0.2, 0) is 4.79 Å². The molecule has 0 bridgehead atoms. The van der Waals surface area contributed by atoms with E-state index >= 15 is 0 Å². The van der Waals surface area contributed by atoms with Crippen molar-refractivity contribution in [2.45, 2.75) is 13.8 Å². The van der Waals surface area contributed by atoms with E-state index in [1.807, 2.05) is 27.0 Å². The van der Waals surface area contributed by atoms with Gasteiger partial charge in [-0.25, -0.2) is 0 Å². The summed E-state index contributed by atoms with van der Waals surface area (Å²) in [5.41, 5.74) is 2.53. The van der Waals surface area contributed by atoms with Crippen LogP contribution in [0.25, 0.3) is 22.3 Å². The number of hydrogen-bond acceptors (Lipinski definition) is 7. The molecule has 1 aliphatic rings. The summed E-state index contributed by atoms with van der Waals surface area (Å²) in [6, 6.07) is 8.97. The number of aryl methyl sites for hydroxylation is 2. The standard InChI is InChI=1S/C26H30N2O6/c1-16-12-17(2)24-19(13-16)23(30)26(33-15-22(29)28-10-8-27(3)9-11-28)25(34-24)18-6-7-20(31-4)21(14-18)32-5/h6-7,12-14H,8-11,15H2,1-5H3. The second-order valence-electron chi connectivity index (χ2n) is 8.59. The molecule has 1 aliphatic heterocycles. The average Bonchev–Trinajstić information content (AvgIpc) is 2.83. The minimum Gasteiger partial charge on any atom is -0.493 e. The van der Waals surface area contributed by atoms with Gasteiger partial charge in [-0.05, 0) is 56.3 Å². The summed E-state index contributed by atoms with van der Waals surface area (Å²) in [7, 11) is 5.12. The predicted octanol–water partition coefficient (Wildman–Crippen LogP) is 3.25. The Hall–Kier alpha value is -3.52. The van der Waals surface area contributed by atoms with Crippen molar-refractivity contribution in [3.8, 4) is 28.6 Å². The van der Waals surface area contributed by atoms with Gasteiger partial charge < -0.3 is 28.4 Å². The number of rotatable bonds is 6. The molecule has 0 atom stereocenters. The quantitative estimate of drug-likeness (QED) is 0.552. The Morgan fingerprint density at radius 2 is 1.71 bits per heavy atom. The minimum absolute atomic E-state index is 0.00666. The number of nitrogens with zero attached hydrogens (tertiary/aromatic N) is 2. The number of carbonyl (C=O) groups is 1. The lowest BCUT2D eigenvalue weighted by Crippen LogP contribution is -2.48. The van der Waals surface area contributed by atoms with Gasteiger partial charge in [0.25, 0.3) is 5.91 Å². The molecule has 0 saturated carbocycles. The molecule has 34 heavy (non-hydrogen) atoms. The molecule has 0 spiro atoms. The maximum absolute atomic E-state index is 13.6. The van der Waals surface area contributed by atoms with Crippen molar-refractivity contribution in [2.75, 3.05) is 54.1 Å². The SMILES string of the molecule is COc1ccc(-c2oc3c(C)cc(C)cc3c(=O)c2OCC(=O)N2CCN(C)CC2)cc1OC. The molecule has 2 aromatic carbocycles. The molecule has 8 nitrogen and oxygen atoms in total. The number of hydrogen-bond donors (Lipinski definition) is 0. The first kappa shape index (κ1) is 23.6. The largest absolute Gasteiger partial charge is 0.493 e. The molecule has 2 heterocycles. The van der Waals surface area contributed by atoms with Crippen LogP contribution in [0, 0.1) is 13.8 Å². The number of likely N-dealkylation sites (N-methyl/N-ethyl adjacent to an activating group) is 1. The highest BCUT2D eigenvalue weighted by Gasteiger charge is 2.24. The first-order valence-corrected chi connectivity index (χ1v) is 11.2. The monoisotopic (exact) mass is 466 g/mol. The fourth-order valence-electron chi connectivity index (χ4n) is 4.21. The number of benzene rings is 2. The minimum atomic E-state index is -0.316. The van der Waals surface area contributed by atoms with Crippen LogP contribution in [0.1, 0.15) is 11.1 Å². The van der Waals surface area contributed by atoms with Crippen LogP contribution in [0.5, 0.6) is 17.2 Å². The average molecular weight is 467 g/mol. The molecular formula is C26H30N2O6. The molecule has 1 amide bonds. The van der Waals surface area contributed by atoms with E-state index in [4.69, 9.17) is 18.6 Å². The van der Waals surface area contributed by atoms with E-state index in [1.54, 1.807) is 36.3 Å². The lowest BCUT2D eigenvalue weighted by atomic mass is 10.0. The van der Waals surface area contributed by atoms with Crippen LogP contribution < -0.4 is 19.6 Å². The van der Waals surface area contributed by atoms with Gasteiger partial charge in [0.1, 0.15) is 5.58 Å². The molecule has 0 N–H and O–H groups in total. The number of amides is 1. The van der Waals surface area contributed by atoms with Crippen LogP contribution in [0.2, 0.25) is 0 Å². The Morgan fingerprint density at radius 3 is 2.38 bits per heavy atom. The van der Waals surface area contributed by atoms with Crippen LogP contribution in [0.15, 0.2) is 39.5 Å². The fraction of sp³-hybridized carbons (Fsp3) is 0.385. The van der Waals surface area contributed by atoms with Crippen LogP contribution in [-0.4, -0.2) is 69.8 Å². The molecule has 0 aliphatic carbocycles. The van der Waals surface area contributed by atoms with Crippen molar-refractivity contribution in [3.63, 3.8) is 0 Å². The lowest BCUT2D eigenvalue weighted by molar-refractivity contribution is -0.134. The normalized spacial score (nSPS) is 14.3. The van der Waals surface area contributed by atoms with Crippen molar-refractivity contribution in [1.82, 2.24) is 9.80 Å². The molecule has 180 valence electrons. The summed E-state index contributed by atoms with van der Waals surface area (Å²) in [5, 5.41) is 0.420. The van der Waals surface area contributed by atoms with E-state index in [0.717, 1.165) is 24.2 Å². The topological polar surface area (TPSA) is 81.5 Å². The highest BCUT2D eigenvalue weighted by atomic mass is 16.5. The van der Waals surface area contributed by atoms with Gasteiger partial charge in [-0.3, -0.25) is 9.59 Å². The highest BCUT2D eigenvalue weighted by Crippen LogP contribution is 2.37. The van der Waals surface area contributed by atoms with Crippen molar-refractivity contribution < 1.29 is 23.4 Å². The van der Waals surface area contributed by atoms with Gasteiger partial charge in [-0.2, -0.15) is 0 Å². The van der Waals surface area contributed by atoms with Gasteiger partial charge in [0.15, 0.2) is 23.9 Å². The summed E-state index contributed by atoms with van der Waals surface area (Å²) in [6.07, 6.45) is 0. The zero-order valence-electron chi connectivity index (χ0n) is 20.3. The summed E-state index contributed by atoms with van der Waals surface area (Å²) in [6.45, 7) is 6.45. The second kappa shape index (κ2) is 9.77.